The van der Waals surface area contributed by atoms with Gasteiger partial charge >= 0.3 is 0 Å². The number of hydrogen-bond acceptors (Lipinski definition) is 1. The Morgan fingerprint density at radius 1 is 1.00 bits per heavy atom. The molecule has 0 saturated carbocycles. The molecule has 0 saturated heterocycles. The first-order valence-corrected chi connectivity index (χ1v) is 5.64. The van der Waals surface area contributed by atoms with E-state index in [1.54, 1.807) is 19.1 Å². The van der Waals surface area contributed by atoms with Gasteiger partial charge in [-0.25, -0.2) is 4.39 Å². The predicted molar refractivity (Wildman–Crippen MR) is 69.3 cm³/mol. The Morgan fingerprint density at radius 2 is 1.61 bits per heavy atom. The van der Waals surface area contributed by atoms with Crippen molar-refractivity contribution in [3.05, 3.63) is 71.5 Å². The molecule has 2 aromatic rings. The van der Waals surface area contributed by atoms with E-state index in [0.29, 0.717) is 5.56 Å². The first kappa shape index (κ1) is 12.3. The fourth-order valence-corrected chi connectivity index (χ4v) is 1.56. The second kappa shape index (κ2) is 5.03. The Balaban J connectivity index is 2.26. The van der Waals surface area contributed by atoms with Crippen LogP contribution in [0.3, 0.4) is 0 Å². The number of halogens is 1. The van der Waals surface area contributed by atoms with Gasteiger partial charge in [-0.1, -0.05) is 42.2 Å². The summed E-state index contributed by atoms with van der Waals surface area (Å²) in [7, 11) is 0. The molecule has 90 valence electrons. The van der Waals surface area contributed by atoms with Gasteiger partial charge in [0, 0.05) is 5.56 Å². The lowest BCUT2D eigenvalue weighted by Gasteiger charge is -2.16. The minimum absolute atomic E-state index is 0.296. The second-order valence-electron chi connectivity index (χ2n) is 4.20. The molecule has 18 heavy (non-hydrogen) atoms. The van der Waals surface area contributed by atoms with Crippen LogP contribution < -0.4 is 0 Å². The van der Waals surface area contributed by atoms with Crippen LogP contribution >= 0.6 is 0 Å². The van der Waals surface area contributed by atoms with E-state index in [4.69, 9.17) is 0 Å². The maximum Gasteiger partial charge on any atom is 0.148 e. The highest BCUT2D eigenvalue weighted by molar-refractivity contribution is 5.39. The normalized spacial score (nSPS) is 13.3. The van der Waals surface area contributed by atoms with Gasteiger partial charge in [0.05, 0.1) is 0 Å². The highest BCUT2D eigenvalue weighted by Gasteiger charge is 2.18. The van der Waals surface area contributed by atoms with Gasteiger partial charge in [-0.05, 0) is 36.8 Å². The fourth-order valence-electron chi connectivity index (χ4n) is 1.56. The van der Waals surface area contributed by atoms with E-state index < -0.39 is 5.60 Å². The van der Waals surface area contributed by atoms with Crippen molar-refractivity contribution in [2.75, 3.05) is 0 Å². The summed E-state index contributed by atoms with van der Waals surface area (Å²) in [5.41, 5.74) is 0.197. The molecular weight excluding hydrogens is 227 g/mol. The number of rotatable bonds is 1. The maximum atomic E-state index is 12.7. The molecule has 2 aromatic carbocycles. The zero-order valence-corrected chi connectivity index (χ0v) is 10.0. The van der Waals surface area contributed by atoms with Crippen LogP contribution in [0, 0.1) is 17.7 Å². The van der Waals surface area contributed by atoms with Crippen molar-refractivity contribution in [2.45, 2.75) is 12.5 Å². The molecule has 1 unspecified atom stereocenters. The average Bonchev–Trinajstić information content (AvgIpc) is 2.39. The van der Waals surface area contributed by atoms with Crippen LogP contribution in [0.5, 0.6) is 0 Å². The van der Waals surface area contributed by atoms with Crippen molar-refractivity contribution >= 4 is 0 Å². The summed E-state index contributed by atoms with van der Waals surface area (Å²) in [6.45, 7) is 1.64. The largest absolute Gasteiger partial charge is 0.374 e. The van der Waals surface area contributed by atoms with Crippen molar-refractivity contribution < 1.29 is 9.50 Å². The average molecular weight is 240 g/mol. The van der Waals surface area contributed by atoms with Gasteiger partial charge in [0.2, 0.25) is 0 Å². The molecule has 0 aliphatic heterocycles. The Kier molecular flexibility index (Phi) is 3.45. The minimum atomic E-state index is -1.21. The van der Waals surface area contributed by atoms with Crippen LogP contribution in [-0.2, 0) is 5.60 Å². The summed E-state index contributed by atoms with van der Waals surface area (Å²) in [4.78, 5) is 0. The lowest BCUT2D eigenvalue weighted by Crippen LogP contribution is -2.18. The van der Waals surface area contributed by atoms with Crippen molar-refractivity contribution in [1.82, 2.24) is 0 Å². The van der Waals surface area contributed by atoms with Crippen LogP contribution in [0.4, 0.5) is 4.39 Å². The third-order valence-electron chi connectivity index (χ3n) is 2.63. The molecule has 0 aliphatic carbocycles. The summed E-state index contributed by atoms with van der Waals surface area (Å²) in [6.07, 6.45) is 0. The maximum absolute atomic E-state index is 12.7. The van der Waals surface area contributed by atoms with Gasteiger partial charge in [-0.15, -0.1) is 0 Å². The molecule has 1 N–H and O–H groups in total. The zero-order valence-electron chi connectivity index (χ0n) is 10.0. The van der Waals surface area contributed by atoms with E-state index in [-0.39, 0.29) is 5.82 Å². The van der Waals surface area contributed by atoms with Crippen LogP contribution in [0.2, 0.25) is 0 Å². The quantitative estimate of drug-likeness (QED) is 0.759. The molecule has 0 spiro atoms. The number of aliphatic hydroxyl groups is 1. The molecule has 1 atom stereocenters. The van der Waals surface area contributed by atoms with E-state index in [1.807, 2.05) is 30.3 Å². The first-order chi connectivity index (χ1) is 8.58. The Morgan fingerprint density at radius 3 is 2.22 bits per heavy atom. The van der Waals surface area contributed by atoms with Crippen LogP contribution in [0.1, 0.15) is 18.1 Å². The van der Waals surface area contributed by atoms with E-state index in [9.17, 15) is 9.50 Å². The molecule has 0 fully saturated rings. The van der Waals surface area contributed by atoms with Crippen molar-refractivity contribution in [1.29, 1.82) is 0 Å². The van der Waals surface area contributed by atoms with Gasteiger partial charge in [0.15, 0.2) is 0 Å². The predicted octanol–water partition coefficient (Wildman–Crippen LogP) is 3.08. The monoisotopic (exact) mass is 240 g/mol. The van der Waals surface area contributed by atoms with Crippen LogP contribution in [0.25, 0.3) is 0 Å². The molecule has 0 heterocycles. The third-order valence-corrected chi connectivity index (χ3v) is 2.63. The molecule has 2 heteroatoms. The highest BCUT2D eigenvalue weighted by Crippen LogP contribution is 2.19. The molecule has 1 nitrogen and oxygen atoms in total. The molecule has 2 rings (SSSR count). The summed E-state index contributed by atoms with van der Waals surface area (Å²) in [5, 5.41) is 10.3. The fraction of sp³-hybridized carbons (Fsp3) is 0.125. The van der Waals surface area contributed by atoms with Crippen molar-refractivity contribution in [2.24, 2.45) is 0 Å². The van der Waals surface area contributed by atoms with Crippen LogP contribution in [-0.4, -0.2) is 5.11 Å². The van der Waals surface area contributed by atoms with Crippen molar-refractivity contribution in [3.8, 4) is 11.8 Å². The molecule has 0 bridgehead atoms. The van der Waals surface area contributed by atoms with E-state index >= 15 is 0 Å². The Labute approximate surface area is 106 Å². The smallest absolute Gasteiger partial charge is 0.148 e. The number of hydrogen-bond donors (Lipinski definition) is 1. The van der Waals surface area contributed by atoms with Crippen molar-refractivity contribution in [3.63, 3.8) is 0 Å². The lowest BCUT2D eigenvalue weighted by atomic mass is 9.96. The zero-order chi connectivity index (χ0) is 13.0. The molecule has 0 radical (unpaired) electrons. The standard InChI is InChI=1S/C16H13FO/c1-16(18,14-5-3-2-4-6-14)12-11-13-7-9-15(17)10-8-13/h2-10,18H,1H3. The van der Waals surface area contributed by atoms with Gasteiger partial charge in [0.25, 0.3) is 0 Å². The highest BCUT2D eigenvalue weighted by atomic mass is 19.1. The lowest BCUT2D eigenvalue weighted by molar-refractivity contribution is 0.122. The van der Waals surface area contributed by atoms with E-state index in [1.165, 1.54) is 12.1 Å². The summed E-state index contributed by atoms with van der Waals surface area (Å²) < 4.78 is 12.7. The Bertz CT molecular complexity index is 574. The van der Waals surface area contributed by atoms with Gasteiger partial charge in [-0.2, -0.15) is 0 Å². The molecular formula is C16H13FO. The van der Waals surface area contributed by atoms with Gasteiger partial charge in [0.1, 0.15) is 11.4 Å². The SMILES string of the molecule is CC(O)(C#Cc1ccc(F)cc1)c1ccccc1. The molecule has 0 aromatic heterocycles. The topological polar surface area (TPSA) is 20.2 Å². The molecule has 0 amide bonds. The van der Waals surface area contributed by atoms with Gasteiger partial charge in [-0.3, -0.25) is 0 Å². The summed E-state index contributed by atoms with van der Waals surface area (Å²) in [5.74, 6) is 5.34. The first-order valence-electron chi connectivity index (χ1n) is 5.64. The Hall–Kier alpha value is -2.11. The molecule has 0 aliphatic rings. The summed E-state index contributed by atoms with van der Waals surface area (Å²) in [6, 6.07) is 15.1. The van der Waals surface area contributed by atoms with Gasteiger partial charge < -0.3 is 5.11 Å². The summed E-state index contributed by atoms with van der Waals surface area (Å²) >= 11 is 0. The third kappa shape index (κ3) is 2.97. The van der Waals surface area contributed by atoms with Crippen LogP contribution in [0.15, 0.2) is 54.6 Å². The number of benzene rings is 2. The van der Waals surface area contributed by atoms with E-state index in [0.717, 1.165) is 5.56 Å². The van der Waals surface area contributed by atoms with E-state index in [2.05, 4.69) is 11.8 Å². The minimum Gasteiger partial charge on any atom is -0.374 e. The second-order valence-corrected chi connectivity index (χ2v) is 4.20.